The van der Waals surface area contributed by atoms with Gasteiger partial charge in [-0.3, -0.25) is 14.9 Å². The molecular weight excluding hydrogens is 564 g/mol. The van der Waals surface area contributed by atoms with Crippen molar-refractivity contribution in [2.24, 2.45) is 0 Å². The average molecular weight is 590 g/mol. The molecule has 0 saturated carbocycles. The molecule has 0 aliphatic rings. The molecule has 0 heterocycles. The minimum absolute atomic E-state index is 0.0500. The number of amides is 2. The standard InChI is InChI=1S/C29H25BrN4O3S/c1-2-37-26-17-12-19(30)18-24(26)28(36)34-29(38)33-25-11-7-6-10-23(25)27(35)32-22-15-13-21(14-16-22)31-20-8-4-3-5-9-20/h3-18,31H,2H2,1H3,(H,32,35)(H2,33,34,36,38). The van der Waals surface area contributed by atoms with E-state index in [4.69, 9.17) is 17.0 Å². The van der Waals surface area contributed by atoms with Crippen LogP contribution in [0, 0.1) is 0 Å². The number of benzene rings is 4. The minimum atomic E-state index is -0.432. The van der Waals surface area contributed by atoms with Crippen LogP contribution in [0.15, 0.2) is 102 Å². The van der Waals surface area contributed by atoms with Crippen molar-refractivity contribution in [3.8, 4) is 5.75 Å². The van der Waals surface area contributed by atoms with Crippen molar-refractivity contribution in [3.05, 3.63) is 113 Å². The molecule has 7 nitrogen and oxygen atoms in total. The molecule has 0 unspecified atom stereocenters. The zero-order valence-corrected chi connectivity index (χ0v) is 22.9. The second-order valence-corrected chi connectivity index (χ2v) is 9.37. The van der Waals surface area contributed by atoms with E-state index in [2.05, 4.69) is 37.2 Å². The number of rotatable bonds is 8. The number of nitrogens with one attached hydrogen (secondary N) is 4. The van der Waals surface area contributed by atoms with Gasteiger partial charge in [0.2, 0.25) is 0 Å². The summed E-state index contributed by atoms with van der Waals surface area (Å²) >= 11 is 8.74. The molecular formula is C29H25BrN4O3S. The van der Waals surface area contributed by atoms with Crippen molar-refractivity contribution in [1.82, 2.24) is 5.32 Å². The van der Waals surface area contributed by atoms with Gasteiger partial charge < -0.3 is 20.7 Å². The van der Waals surface area contributed by atoms with E-state index in [-0.39, 0.29) is 11.0 Å². The zero-order chi connectivity index (χ0) is 26.9. The molecule has 0 radical (unpaired) electrons. The molecule has 0 atom stereocenters. The van der Waals surface area contributed by atoms with Gasteiger partial charge in [-0.1, -0.05) is 46.3 Å². The van der Waals surface area contributed by atoms with Gasteiger partial charge in [-0.25, -0.2) is 0 Å². The van der Waals surface area contributed by atoms with Crippen molar-refractivity contribution in [2.45, 2.75) is 6.92 Å². The van der Waals surface area contributed by atoms with Crippen LogP contribution in [0.25, 0.3) is 0 Å². The Morgan fingerprint density at radius 2 is 1.42 bits per heavy atom. The summed E-state index contributed by atoms with van der Waals surface area (Å²) in [4.78, 5) is 25.9. The van der Waals surface area contributed by atoms with Crippen molar-refractivity contribution in [1.29, 1.82) is 0 Å². The molecule has 0 aliphatic heterocycles. The largest absolute Gasteiger partial charge is 0.493 e. The number of anilines is 4. The molecule has 38 heavy (non-hydrogen) atoms. The Kier molecular flexibility index (Phi) is 9.07. The lowest BCUT2D eigenvalue weighted by atomic mass is 10.1. The summed E-state index contributed by atoms with van der Waals surface area (Å²) in [5.74, 6) is -0.309. The number of ether oxygens (including phenoxy) is 1. The topological polar surface area (TPSA) is 91.5 Å². The van der Waals surface area contributed by atoms with Gasteiger partial charge in [-0.2, -0.15) is 0 Å². The van der Waals surface area contributed by atoms with Gasteiger partial charge in [0.1, 0.15) is 5.75 Å². The first-order valence-electron chi connectivity index (χ1n) is 11.8. The predicted octanol–water partition coefficient (Wildman–Crippen LogP) is 6.97. The van der Waals surface area contributed by atoms with E-state index >= 15 is 0 Å². The van der Waals surface area contributed by atoms with Gasteiger partial charge in [0.05, 0.1) is 23.4 Å². The molecule has 0 fully saturated rings. The molecule has 2 amide bonds. The van der Waals surface area contributed by atoms with Gasteiger partial charge in [0.25, 0.3) is 11.8 Å². The van der Waals surface area contributed by atoms with Crippen LogP contribution in [0.3, 0.4) is 0 Å². The summed E-state index contributed by atoms with van der Waals surface area (Å²) in [5, 5.41) is 11.9. The fourth-order valence-electron chi connectivity index (χ4n) is 3.60. The third kappa shape index (κ3) is 7.18. The van der Waals surface area contributed by atoms with Crippen LogP contribution in [0.2, 0.25) is 0 Å². The molecule has 4 aromatic carbocycles. The highest BCUT2D eigenvalue weighted by Crippen LogP contribution is 2.24. The summed E-state index contributed by atoms with van der Waals surface area (Å²) in [6, 6.07) is 29.3. The lowest BCUT2D eigenvalue weighted by molar-refractivity contribution is 0.0973. The van der Waals surface area contributed by atoms with Crippen LogP contribution in [0.4, 0.5) is 22.7 Å². The van der Waals surface area contributed by atoms with Crippen molar-refractivity contribution < 1.29 is 14.3 Å². The van der Waals surface area contributed by atoms with E-state index in [0.717, 1.165) is 15.8 Å². The number of hydrogen-bond acceptors (Lipinski definition) is 5. The maximum atomic E-state index is 13.1. The SMILES string of the molecule is CCOc1ccc(Br)cc1C(=O)NC(=S)Nc1ccccc1C(=O)Nc1ccc(Nc2ccccc2)cc1. The fraction of sp³-hybridized carbons (Fsp3) is 0.0690. The van der Waals surface area contributed by atoms with Crippen molar-refractivity contribution in [3.63, 3.8) is 0 Å². The van der Waals surface area contributed by atoms with Crippen LogP contribution in [-0.4, -0.2) is 23.5 Å². The van der Waals surface area contributed by atoms with Gasteiger partial charge >= 0.3 is 0 Å². The highest BCUT2D eigenvalue weighted by Gasteiger charge is 2.17. The summed E-state index contributed by atoms with van der Waals surface area (Å²) in [6.07, 6.45) is 0. The number of hydrogen-bond donors (Lipinski definition) is 4. The third-order valence-electron chi connectivity index (χ3n) is 5.34. The van der Waals surface area contributed by atoms with E-state index < -0.39 is 5.91 Å². The monoisotopic (exact) mass is 588 g/mol. The molecule has 0 spiro atoms. The lowest BCUT2D eigenvalue weighted by Crippen LogP contribution is -2.35. The highest BCUT2D eigenvalue weighted by molar-refractivity contribution is 9.10. The normalized spacial score (nSPS) is 10.3. The Balaban J connectivity index is 1.41. The van der Waals surface area contributed by atoms with Crippen LogP contribution in [0.5, 0.6) is 5.75 Å². The first kappa shape index (κ1) is 26.8. The van der Waals surface area contributed by atoms with Gasteiger partial charge in [-0.15, -0.1) is 0 Å². The summed E-state index contributed by atoms with van der Waals surface area (Å²) in [6.45, 7) is 2.26. The molecule has 0 aliphatic carbocycles. The molecule has 4 rings (SSSR count). The maximum absolute atomic E-state index is 13.1. The van der Waals surface area contributed by atoms with E-state index in [1.54, 1.807) is 42.5 Å². The first-order valence-corrected chi connectivity index (χ1v) is 13.0. The Hall–Kier alpha value is -4.21. The van der Waals surface area contributed by atoms with Crippen molar-refractivity contribution in [2.75, 3.05) is 22.6 Å². The van der Waals surface area contributed by atoms with E-state index in [1.165, 1.54) is 0 Å². The number of carbonyl (C=O) groups is 2. The Labute approximate surface area is 234 Å². The molecule has 192 valence electrons. The lowest BCUT2D eigenvalue weighted by Gasteiger charge is -2.15. The minimum Gasteiger partial charge on any atom is -0.493 e. The quantitative estimate of drug-likeness (QED) is 0.166. The van der Waals surface area contributed by atoms with Crippen molar-refractivity contribution >= 4 is 67.8 Å². The number of para-hydroxylation sites is 2. The second-order valence-electron chi connectivity index (χ2n) is 8.05. The van der Waals surface area contributed by atoms with Crippen LogP contribution in [-0.2, 0) is 0 Å². The zero-order valence-electron chi connectivity index (χ0n) is 20.5. The average Bonchev–Trinajstić information content (AvgIpc) is 2.91. The maximum Gasteiger partial charge on any atom is 0.261 e. The van der Waals surface area contributed by atoms with Gasteiger partial charge in [0.15, 0.2) is 5.11 Å². The summed E-state index contributed by atoms with van der Waals surface area (Å²) in [5.41, 5.74) is 3.67. The summed E-state index contributed by atoms with van der Waals surface area (Å²) < 4.78 is 6.29. The molecule has 4 aromatic rings. The highest BCUT2D eigenvalue weighted by atomic mass is 79.9. The first-order chi connectivity index (χ1) is 18.4. The Morgan fingerprint density at radius 1 is 0.763 bits per heavy atom. The Bertz CT molecular complexity index is 1450. The molecule has 4 N–H and O–H groups in total. The van der Waals surface area contributed by atoms with Gasteiger partial charge in [-0.05, 0) is 85.9 Å². The van der Waals surface area contributed by atoms with Crippen LogP contribution in [0.1, 0.15) is 27.6 Å². The van der Waals surface area contributed by atoms with E-state index in [9.17, 15) is 9.59 Å². The Morgan fingerprint density at radius 3 is 2.16 bits per heavy atom. The van der Waals surface area contributed by atoms with Crippen LogP contribution < -0.4 is 26.0 Å². The fourth-order valence-corrected chi connectivity index (χ4v) is 4.16. The summed E-state index contributed by atoms with van der Waals surface area (Å²) in [7, 11) is 0. The predicted molar refractivity (Wildman–Crippen MR) is 160 cm³/mol. The number of halogens is 1. The molecule has 9 heteroatoms. The molecule has 0 aromatic heterocycles. The molecule has 0 bridgehead atoms. The van der Waals surface area contributed by atoms with Crippen LogP contribution >= 0.6 is 28.1 Å². The molecule has 0 saturated heterocycles. The number of thiocarbonyl (C=S) groups is 1. The van der Waals surface area contributed by atoms with Gasteiger partial charge in [0, 0.05) is 21.5 Å². The smallest absolute Gasteiger partial charge is 0.261 e. The number of carbonyl (C=O) groups excluding carboxylic acids is 2. The second kappa shape index (κ2) is 12.8. The van der Waals surface area contributed by atoms with E-state index in [1.807, 2.05) is 61.5 Å². The van der Waals surface area contributed by atoms with E-state index in [0.29, 0.717) is 34.9 Å². The third-order valence-corrected chi connectivity index (χ3v) is 6.04.